The van der Waals surface area contributed by atoms with E-state index in [1.165, 1.54) is 0 Å². The van der Waals surface area contributed by atoms with Gasteiger partial charge >= 0.3 is 0 Å². The Hall–Kier alpha value is -1.71. The van der Waals surface area contributed by atoms with E-state index < -0.39 is 0 Å². The normalized spacial score (nSPS) is 20.5. The fourth-order valence-electron chi connectivity index (χ4n) is 2.65. The number of hydrogen-bond donors (Lipinski definition) is 1. The molecule has 0 spiro atoms. The highest BCUT2D eigenvalue weighted by Crippen LogP contribution is 2.41. The van der Waals surface area contributed by atoms with Gasteiger partial charge in [0.15, 0.2) is 0 Å². The topological polar surface area (TPSA) is 44.5 Å². The van der Waals surface area contributed by atoms with Gasteiger partial charge in [0, 0.05) is 23.0 Å². The Kier molecular flexibility index (Phi) is 4.04. The zero-order valence-corrected chi connectivity index (χ0v) is 12.6. The van der Waals surface area contributed by atoms with Crippen molar-refractivity contribution in [3.05, 3.63) is 58.6 Å². The summed E-state index contributed by atoms with van der Waals surface area (Å²) in [6.45, 7) is 2.62. The third-order valence-corrected chi connectivity index (χ3v) is 3.88. The minimum Gasteiger partial charge on any atom is -0.494 e. The lowest BCUT2D eigenvalue weighted by Crippen LogP contribution is -2.24. The molecule has 21 heavy (non-hydrogen) atoms. The molecule has 110 valence electrons. The van der Waals surface area contributed by atoms with Crippen LogP contribution in [0.4, 0.5) is 0 Å². The molecule has 1 unspecified atom stereocenters. The van der Waals surface area contributed by atoms with Gasteiger partial charge < -0.3 is 15.2 Å². The van der Waals surface area contributed by atoms with Crippen LogP contribution in [-0.4, -0.2) is 6.61 Å². The van der Waals surface area contributed by atoms with Crippen LogP contribution in [-0.2, 0) is 0 Å². The molecule has 0 radical (unpaired) electrons. The predicted molar refractivity (Wildman–Crippen MR) is 84.0 cm³/mol. The van der Waals surface area contributed by atoms with E-state index in [0.29, 0.717) is 11.6 Å². The fraction of sp³-hybridized carbons (Fsp3) is 0.294. The Bertz CT molecular complexity index is 644. The first-order valence-electron chi connectivity index (χ1n) is 7.12. The van der Waals surface area contributed by atoms with Crippen LogP contribution in [0.3, 0.4) is 0 Å². The second kappa shape index (κ2) is 5.96. The van der Waals surface area contributed by atoms with Crippen LogP contribution in [0.25, 0.3) is 0 Å². The fourth-order valence-corrected chi connectivity index (χ4v) is 2.83. The first kappa shape index (κ1) is 14.2. The van der Waals surface area contributed by atoms with E-state index in [0.717, 1.165) is 29.0 Å². The van der Waals surface area contributed by atoms with E-state index in [2.05, 4.69) is 0 Å². The molecular weight excluding hydrogens is 286 g/mol. The molecule has 0 aliphatic carbocycles. The molecular formula is C17H18ClNO2. The average molecular weight is 304 g/mol. The first-order chi connectivity index (χ1) is 10.2. The van der Waals surface area contributed by atoms with Crippen LogP contribution in [0.1, 0.15) is 36.6 Å². The van der Waals surface area contributed by atoms with Gasteiger partial charge in [-0.25, -0.2) is 0 Å². The molecule has 4 heteroatoms. The molecule has 1 aliphatic heterocycles. The highest BCUT2D eigenvalue weighted by Gasteiger charge is 2.27. The summed E-state index contributed by atoms with van der Waals surface area (Å²) < 4.78 is 11.6. The van der Waals surface area contributed by atoms with Crippen LogP contribution in [0, 0.1) is 0 Å². The van der Waals surface area contributed by atoms with Crippen molar-refractivity contribution < 1.29 is 9.47 Å². The Labute approximate surface area is 129 Å². The van der Waals surface area contributed by atoms with E-state index in [-0.39, 0.29) is 12.1 Å². The number of hydrogen-bond acceptors (Lipinski definition) is 3. The van der Waals surface area contributed by atoms with Crippen LogP contribution >= 0.6 is 11.6 Å². The maximum atomic E-state index is 6.27. The quantitative estimate of drug-likeness (QED) is 0.921. The Balaban J connectivity index is 1.88. The first-order valence-corrected chi connectivity index (χ1v) is 7.49. The molecule has 0 saturated carbocycles. The van der Waals surface area contributed by atoms with Crippen molar-refractivity contribution in [1.82, 2.24) is 0 Å². The van der Waals surface area contributed by atoms with Crippen LogP contribution < -0.4 is 15.2 Å². The molecule has 0 bridgehead atoms. The maximum Gasteiger partial charge on any atom is 0.126 e. The lowest BCUT2D eigenvalue weighted by atomic mass is 9.93. The molecule has 2 N–H and O–H groups in total. The molecule has 3 rings (SSSR count). The van der Waals surface area contributed by atoms with E-state index in [9.17, 15) is 0 Å². The zero-order chi connectivity index (χ0) is 14.8. The molecule has 1 aliphatic rings. The van der Waals surface area contributed by atoms with E-state index in [4.69, 9.17) is 26.8 Å². The van der Waals surface area contributed by atoms with Crippen LogP contribution in [0.15, 0.2) is 42.5 Å². The molecule has 0 saturated heterocycles. The standard InChI is InChI=1S/C17H18ClNO2/c1-2-20-13-5-3-4-11(8-13)17-10-15(19)14-9-12(18)6-7-16(14)21-17/h3-9,15,17H,2,10,19H2,1H3/t15-,17?/m1/s1. The number of benzene rings is 2. The van der Waals surface area contributed by atoms with Crippen molar-refractivity contribution in [2.45, 2.75) is 25.5 Å². The summed E-state index contributed by atoms with van der Waals surface area (Å²) in [7, 11) is 0. The van der Waals surface area contributed by atoms with Gasteiger partial charge in [-0.2, -0.15) is 0 Å². The molecule has 0 aromatic heterocycles. The smallest absolute Gasteiger partial charge is 0.126 e. The lowest BCUT2D eigenvalue weighted by Gasteiger charge is -2.30. The van der Waals surface area contributed by atoms with Crippen molar-refractivity contribution in [3.8, 4) is 11.5 Å². The summed E-state index contributed by atoms with van der Waals surface area (Å²) in [5.41, 5.74) is 8.32. The molecule has 2 aromatic rings. The summed E-state index contributed by atoms with van der Waals surface area (Å²) in [6, 6.07) is 13.5. The second-order valence-electron chi connectivity index (χ2n) is 5.14. The second-order valence-corrected chi connectivity index (χ2v) is 5.57. The van der Waals surface area contributed by atoms with E-state index in [1.54, 1.807) is 0 Å². The van der Waals surface area contributed by atoms with Crippen LogP contribution in [0.2, 0.25) is 5.02 Å². The number of ether oxygens (including phenoxy) is 2. The van der Waals surface area contributed by atoms with E-state index >= 15 is 0 Å². The van der Waals surface area contributed by atoms with Gasteiger partial charge in [-0.3, -0.25) is 0 Å². The number of rotatable bonds is 3. The van der Waals surface area contributed by atoms with Crippen molar-refractivity contribution >= 4 is 11.6 Å². The Morgan fingerprint density at radius 1 is 1.29 bits per heavy atom. The van der Waals surface area contributed by atoms with Gasteiger partial charge in [-0.1, -0.05) is 23.7 Å². The summed E-state index contributed by atoms with van der Waals surface area (Å²) in [5, 5.41) is 0.685. The van der Waals surface area contributed by atoms with Crippen molar-refractivity contribution in [3.63, 3.8) is 0 Å². The van der Waals surface area contributed by atoms with Gasteiger partial charge in [-0.05, 0) is 42.8 Å². The molecule has 2 aromatic carbocycles. The number of nitrogens with two attached hydrogens (primary N) is 1. The minimum absolute atomic E-state index is 0.0610. The minimum atomic E-state index is -0.0757. The van der Waals surface area contributed by atoms with Crippen molar-refractivity contribution in [1.29, 1.82) is 0 Å². The third kappa shape index (κ3) is 2.99. The van der Waals surface area contributed by atoms with E-state index in [1.807, 2.05) is 49.4 Å². The molecule has 0 amide bonds. The maximum absolute atomic E-state index is 6.27. The molecule has 2 atom stereocenters. The highest BCUT2D eigenvalue weighted by molar-refractivity contribution is 6.30. The summed E-state index contributed by atoms with van der Waals surface area (Å²) in [4.78, 5) is 0. The van der Waals surface area contributed by atoms with Gasteiger partial charge in [0.2, 0.25) is 0 Å². The van der Waals surface area contributed by atoms with Gasteiger partial charge in [0.1, 0.15) is 17.6 Å². The van der Waals surface area contributed by atoms with Gasteiger partial charge in [-0.15, -0.1) is 0 Å². The summed E-state index contributed by atoms with van der Waals surface area (Å²) >= 11 is 6.02. The van der Waals surface area contributed by atoms with Crippen molar-refractivity contribution in [2.75, 3.05) is 6.61 Å². The van der Waals surface area contributed by atoms with Crippen LogP contribution in [0.5, 0.6) is 11.5 Å². The summed E-state index contributed by atoms with van der Waals surface area (Å²) in [5.74, 6) is 1.67. The summed E-state index contributed by atoms with van der Waals surface area (Å²) in [6.07, 6.45) is 0.664. The lowest BCUT2D eigenvalue weighted by molar-refractivity contribution is 0.161. The SMILES string of the molecule is CCOc1cccc(C2C[C@@H](N)c3cc(Cl)ccc3O2)c1. The Morgan fingerprint density at radius 3 is 2.95 bits per heavy atom. The average Bonchev–Trinajstić information content (AvgIpc) is 2.48. The zero-order valence-electron chi connectivity index (χ0n) is 11.9. The number of halogens is 1. The van der Waals surface area contributed by atoms with Gasteiger partial charge in [0.05, 0.1) is 6.61 Å². The Morgan fingerprint density at radius 2 is 2.14 bits per heavy atom. The largest absolute Gasteiger partial charge is 0.494 e. The predicted octanol–water partition coefficient (Wildman–Crippen LogP) is 4.26. The van der Waals surface area contributed by atoms with Gasteiger partial charge in [0.25, 0.3) is 0 Å². The molecule has 3 nitrogen and oxygen atoms in total. The monoisotopic (exact) mass is 303 g/mol. The van der Waals surface area contributed by atoms with Crippen molar-refractivity contribution in [2.24, 2.45) is 5.73 Å². The third-order valence-electron chi connectivity index (χ3n) is 3.65. The molecule has 1 heterocycles. The molecule has 0 fully saturated rings. The number of fused-ring (bicyclic) bond motifs is 1. The highest BCUT2D eigenvalue weighted by atomic mass is 35.5.